The SMILES string of the molecule is CCCCCCCCCCCCCCCCCCCC[N+](CCC)(CCC)c1ccc(C)cc1.[OH-]. The molecule has 1 N–H and O–H groups in total. The van der Waals surface area contributed by atoms with Gasteiger partial charge in [0.25, 0.3) is 0 Å². The molecule has 2 heteroatoms. The third kappa shape index (κ3) is 16.5. The Labute approximate surface area is 221 Å². The van der Waals surface area contributed by atoms with Gasteiger partial charge in [-0.15, -0.1) is 0 Å². The average Bonchev–Trinajstić information content (AvgIpc) is 2.84. The quantitative estimate of drug-likeness (QED) is 0.105. The van der Waals surface area contributed by atoms with E-state index in [0.717, 1.165) is 0 Å². The summed E-state index contributed by atoms with van der Waals surface area (Å²) in [7, 11) is 0. The Bertz CT molecular complexity index is 547. The number of unbranched alkanes of at least 4 members (excludes halogenated alkanes) is 17. The van der Waals surface area contributed by atoms with E-state index in [4.69, 9.17) is 0 Å². The van der Waals surface area contributed by atoms with Gasteiger partial charge >= 0.3 is 0 Å². The summed E-state index contributed by atoms with van der Waals surface area (Å²) in [6, 6.07) is 9.41. The topological polar surface area (TPSA) is 30.0 Å². The van der Waals surface area contributed by atoms with Gasteiger partial charge in [0, 0.05) is 0 Å². The van der Waals surface area contributed by atoms with Crippen LogP contribution in [-0.4, -0.2) is 25.1 Å². The molecule has 0 aliphatic heterocycles. The van der Waals surface area contributed by atoms with Crippen LogP contribution in [0.3, 0.4) is 0 Å². The highest BCUT2D eigenvalue weighted by Gasteiger charge is 2.28. The number of benzene rings is 1. The molecule has 0 aliphatic carbocycles. The first-order chi connectivity index (χ1) is 16.7. The van der Waals surface area contributed by atoms with Crippen LogP contribution < -0.4 is 4.48 Å². The number of hydrogen-bond donors (Lipinski definition) is 0. The van der Waals surface area contributed by atoms with E-state index in [1.807, 2.05) is 0 Å². The standard InChI is InChI=1S/C33H62N.H2O/c1-5-8-9-10-11-12-13-14-15-16-17-18-19-20-21-22-23-24-31-34(29-6-2,30-7-3)33-27-25-32(4)26-28-33;/h25-28H,5-24,29-31H2,1-4H3;1H2/q+1;/p-1. The van der Waals surface area contributed by atoms with Gasteiger partial charge in [0.2, 0.25) is 0 Å². The highest BCUT2D eigenvalue weighted by atomic mass is 16.0. The molecule has 0 atom stereocenters. The maximum atomic E-state index is 2.40. The average molecular weight is 490 g/mol. The molecule has 0 spiro atoms. The predicted octanol–water partition coefficient (Wildman–Crippen LogP) is 11.0. The molecule has 1 aromatic rings. The Morgan fingerprint density at radius 2 is 0.771 bits per heavy atom. The molecule has 0 amide bonds. The summed E-state index contributed by atoms with van der Waals surface area (Å²) in [5.41, 5.74) is 2.92. The van der Waals surface area contributed by atoms with Gasteiger partial charge in [-0.25, -0.2) is 0 Å². The normalized spacial score (nSPS) is 11.5. The summed E-state index contributed by atoms with van der Waals surface area (Å²) in [5.74, 6) is 0. The summed E-state index contributed by atoms with van der Waals surface area (Å²) in [5, 5.41) is 0. The Morgan fingerprint density at radius 1 is 0.429 bits per heavy atom. The summed E-state index contributed by atoms with van der Waals surface area (Å²) in [6.07, 6.45) is 28.7. The smallest absolute Gasteiger partial charge is 0.132 e. The van der Waals surface area contributed by atoms with E-state index in [1.165, 1.54) is 158 Å². The zero-order valence-electron chi connectivity index (χ0n) is 24.5. The molecule has 0 aliphatic rings. The highest BCUT2D eigenvalue weighted by molar-refractivity contribution is 5.44. The summed E-state index contributed by atoms with van der Waals surface area (Å²) >= 11 is 0. The second-order valence-electron chi connectivity index (χ2n) is 11.2. The number of hydrogen-bond acceptors (Lipinski definition) is 1. The molecule has 0 aromatic heterocycles. The number of rotatable bonds is 24. The van der Waals surface area contributed by atoms with Crippen molar-refractivity contribution < 1.29 is 5.48 Å². The van der Waals surface area contributed by atoms with Gasteiger partial charge in [-0.05, 0) is 44.7 Å². The van der Waals surface area contributed by atoms with Crippen molar-refractivity contribution in [2.45, 2.75) is 156 Å². The van der Waals surface area contributed by atoms with Gasteiger partial charge in [0.1, 0.15) is 5.69 Å². The molecule has 35 heavy (non-hydrogen) atoms. The molecule has 0 bridgehead atoms. The molecule has 0 saturated heterocycles. The van der Waals surface area contributed by atoms with E-state index in [9.17, 15) is 0 Å². The fourth-order valence-corrected chi connectivity index (χ4v) is 5.76. The monoisotopic (exact) mass is 489 g/mol. The first-order valence-electron chi connectivity index (χ1n) is 15.6. The van der Waals surface area contributed by atoms with E-state index in [1.54, 1.807) is 5.69 Å². The molecule has 1 aromatic carbocycles. The molecule has 2 nitrogen and oxygen atoms in total. The molecule has 206 valence electrons. The van der Waals surface area contributed by atoms with Gasteiger partial charge in [-0.3, -0.25) is 4.48 Å². The fraction of sp³-hybridized carbons (Fsp3) is 0.818. The third-order valence-corrected chi connectivity index (χ3v) is 7.82. The fourth-order valence-electron chi connectivity index (χ4n) is 5.76. The van der Waals surface area contributed by atoms with Crippen molar-refractivity contribution in [3.8, 4) is 0 Å². The lowest BCUT2D eigenvalue weighted by atomic mass is 10.0. The Morgan fingerprint density at radius 3 is 1.11 bits per heavy atom. The van der Waals surface area contributed by atoms with Gasteiger partial charge in [-0.1, -0.05) is 141 Å². The zero-order valence-corrected chi connectivity index (χ0v) is 24.5. The van der Waals surface area contributed by atoms with E-state index >= 15 is 0 Å². The van der Waals surface area contributed by atoms with Crippen LogP contribution in [0, 0.1) is 6.92 Å². The van der Waals surface area contributed by atoms with Crippen molar-refractivity contribution in [3.05, 3.63) is 29.8 Å². The minimum absolute atomic E-state index is 0. The van der Waals surface area contributed by atoms with Crippen LogP contribution >= 0.6 is 0 Å². The van der Waals surface area contributed by atoms with Crippen LogP contribution in [0.5, 0.6) is 0 Å². The van der Waals surface area contributed by atoms with Crippen molar-refractivity contribution in [2.24, 2.45) is 0 Å². The van der Waals surface area contributed by atoms with E-state index in [0.29, 0.717) is 0 Å². The molecular weight excluding hydrogens is 426 g/mol. The summed E-state index contributed by atoms with van der Waals surface area (Å²) in [4.78, 5) is 0. The Kier molecular flexibility index (Phi) is 23.0. The molecule has 0 heterocycles. The van der Waals surface area contributed by atoms with Crippen LogP contribution in [-0.2, 0) is 0 Å². The van der Waals surface area contributed by atoms with Crippen molar-refractivity contribution in [1.29, 1.82) is 0 Å². The van der Waals surface area contributed by atoms with Gasteiger partial charge in [0.15, 0.2) is 0 Å². The first-order valence-corrected chi connectivity index (χ1v) is 15.6. The van der Waals surface area contributed by atoms with Crippen LogP contribution in [0.15, 0.2) is 24.3 Å². The molecule has 1 rings (SSSR count). The molecule has 0 saturated carbocycles. The third-order valence-electron chi connectivity index (χ3n) is 7.82. The lowest BCUT2D eigenvalue weighted by Gasteiger charge is -2.38. The van der Waals surface area contributed by atoms with Crippen molar-refractivity contribution in [3.63, 3.8) is 0 Å². The zero-order chi connectivity index (χ0) is 24.7. The predicted molar refractivity (Wildman–Crippen MR) is 159 cm³/mol. The van der Waals surface area contributed by atoms with Gasteiger partial charge in [0.05, 0.1) is 19.6 Å². The van der Waals surface area contributed by atoms with Gasteiger partial charge in [-0.2, -0.15) is 0 Å². The van der Waals surface area contributed by atoms with Crippen molar-refractivity contribution in [1.82, 2.24) is 4.48 Å². The second kappa shape index (κ2) is 23.5. The Balaban J connectivity index is 0.0000116. The second-order valence-corrected chi connectivity index (χ2v) is 11.2. The van der Waals surface area contributed by atoms with Crippen LogP contribution in [0.4, 0.5) is 5.69 Å². The maximum Gasteiger partial charge on any atom is 0.132 e. The minimum Gasteiger partial charge on any atom is -0.870 e. The first kappa shape index (κ1) is 34.1. The molecular formula is C33H63NO. The molecule has 0 fully saturated rings. The number of quaternary nitrogens is 1. The lowest BCUT2D eigenvalue weighted by molar-refractivity contribution is 0.265. The van der Waals surface area contributed by atoms with E-state index in [2.05, 4.69) is 52.0 Å². The summed E-state index contributed by atoms with van der Waals surface area (Å²) in [6.45, 7) is 13.1. The Hall–Kier alpha value is -0.860. The van der Waals surface area contributed by atoms with Crippen LogP contribution in [0.2, 0.25) is 0 Å². The van der Waals surface area contributed by atoms with E-state index in [-0.39, 0.29) is 5.48 Å². The number of nitrogens with zero attached hydrogens (tertiary/aromatic N) is 1. The summed E-state index contributed by atoms with van der Waals surface area (Å²) < 4.78 is 1.20. The highest BCUT2D eigenvalue weighted by Crippen LogP contribution is 2.26. The molecule has 0 radical (unpaired) electrons. The van der Waals surface area contributed by atoms with Crippen molar-refractivity contribution >= 4 is 5.69 Å². The largest absolute Gasteiger partial charge is 0.870 e. The van der Waals surface area contributed by atoms with Crippen molar-refractivity contribution in [2.75, 3.05) is 19.6 Å². The van der Waals surface area contributed by atoms with Gasteiger partial charge < -0.3 is 5.48 Å². The van der Waals surface area contributed by atoms with E-state index < -0.39 is 0 Å². The minimum atomic E-state index is 0. The number of aryl methyl sites for hydroxylation is 1. The van der Waals surface area contributed by atoms with Crippen LogP contribution in [0.1, 0.15) is 155 Å². The van der Waals surface area contributed by atoms with Crippen LogP contribution in [0.25, 0.3) is 0 Å². The molecule has 0 unspecified atom stereocenters. The lowest BCUT2D eigenvalue weighted by Crippen LogP contribution is -2.51. The maximum absolute atomic E-state index is 2.40.